The Balaban J connectivity index is 0.00000477. The van der Waals surface area contributed by atoms with E-state index in [-0.39, 0.29) is 5.84 Å². The molecule has 0 amide bonds. The van der Waals surface area contributed by atoms with Crippen molar-refractivity contribution in [1.29, 1.82) is 10.8 Å². The average molecular weight is 730 g/mol. The van der Waals surface area contributed by atoms with E-state index in [1.54, 1.807) is 12.2 Å². The van der Waals surface area contributed by atoms with Crippen LogP contribution in [0.3, 0.4) is 0 Å². The molecule has 53 heavy (non-hydrogen) atoms. The third-order valence-electron chi connectivity index (χ3n) is 9.96. The van der Waals surface area contributed by atoms with Gasteiger partial charge in [-0.3, -0.25) is 15.7 Å². The molecule has 2 aliphatic rings. The number of likely N-dealkylation sites (N-methyl/N-ethyl adjacent to an activating group) is 1. The maximum absolute atomic E-state index is 8.47. The molecule has 1 aromatic rings. The van der Waals surface area contributed by atoms with E-state index in [2.05, 4.69) is 88.4 Å². The fraction of sp³-hybridized carbons (Fsp3) is 0.614. The van der Waals surface area contributed by atoms with Crippen molar-refractivity contribution >= 4 is 17.5 Å². The number of amidine groups is 3. The van der Waals surface area contributed by atoms with E-state index in [0.29, 0.717) is 36.5 Å². The first-order valence-electron chi connectivity index (χ1n) is 20.8. The lowest BCUT2D eigenvalue weighted by Gasteiger charge is -2.33. The van der Waals surface area contributed by atoms with Gasteiger partial charge in [0.05, 0.1) is 0 Å². The van der Waals surface area contributed by atoms with Crippen LogP contribution in [-0.2, 0) is 6.54 Å². The van der Waals surface area contributed by atoms with Gasteiger partial charge in [0.2, 0.25) is 0 Å². The molecule has 1 aromatic carbocycles. The third kappa shape index (κ3) is 21.0. The Morgan fingerprint density at radius 2 is 1.62 bits per heavy atom. The summed E-state index contributed by atoms with van der Waals surface area (Å²) >= 11 is 0. The van der Waals surface area contributed by atoms with Gasteiger partial charge in [-0.2, -0.15) is 0 Å². The van der Waals surface area contributed by atoms with Gasteiger partial charge < -0.3 is 26.6 Å². The molecule has 1 saturated heterocycles. The molecular formula is C44H75N9. The molecule has 1 aliphatic heterocycles. The second kappa shape index (κ2) is 28.8. The largest absolute Gasteiger partial charge is 0.388 e. The lowest BCUT2D eigenvalue weighted by molar-refractivity contribution is 0.195. The van der Waals surface area contributed by atoms with E-state index < -0.39 is 0 Å². The van der Waals surface area contributed by atoms with Crippen LogP contribution in [0.25, 0.3) is 0 Å². The molecule has 0 bridgehead atoms. The predicted molar refractivity (Wildman–Crippen MR) is 230 cm³/mol. The van der Waals surface area contributed by atoms with E-state index in [1.807, 2.05) is 18.7 Å². The quantitative estimate of drug-likeness (QED) is 0.0274. The Bertz CT molecular complexity index is 1260. The van der Waals surface area contributed by atoms with Gasteiger partial charge in [-0.1, -0.05) is 102 Å². The predicted octanol–water partition coefficient (Wildman–Crippen LogP) is 8.53. The van der Waals surface area contributed by atoms with Crippen molar-refractivity contribution in [3.05, 3.63) is 84.8 Å². The second-order valence-corrected chi connectivity index (χ2v) is 14.2. The van der Waals surface area contributed by atoms with Gasteiger partial charge in [0, 0.05) is 75.6 Å². The molecule has 0 spiro atoms. The van der Waals surface area contributed by atoms with Gasteiger partial charge in [0.1, 0.15) is 17.5 Å². The molecule has 1 heterocycles. The van der Waals surface area contributed by atoms with Crippen LogP contribution < -0.4 is 21.7 Å². The van der Waals surface area contributed by atoms with Crippen molar-refractivity contribution in [2.45, 2.75) is 123 Å². The van der Waals surface area contributed by atoms with E-state index in [4.69, 9.17) is 16.6 Å². The number of benzene rings is 1. The first-order valence-corrected chi connectivity index (χ1v) is 20.8. The lowest BCUT2D eigenvalue weighted by Crippen LogP contribution is -2.41. The number of nitrogens with zero attached hydrogens (tertiary/aromatic N) is 3. The molecule has 3 rings (SSSR count). The maximum atomic E-state index is 8.47. The second-order valence-electron chi connectivity index (χ2n) is 14.2. The molecule has 0 radical (unpaired) electrons. The lowest BCUT2D eigenvalue weighted by atomic mass is 10.0. The molecule has 1 aliphatic carbocycles. The van der Waals surface area contributed by atoms with Crippen LogP contribution in [0.15, 0.2) is 84.2 Å². The Morgan fingerprint density at radius 3 is 2.34 bits per heavy atom. The van der Waals surface area contributed by atoms with Crippen molar-refractivity contribution < 1.29 is 0 Å². The van der Waals surface area contributed by atoms with E-state index in [0.717, 1.165) is 70.9 Å². The van der Waals surface area contributed by atoms with Crippen LogP contribution in [0.1, 0.15) is 116 Å². The summed E-state index contributed by atoms with van der Waals surface area (Å²) in [5, 5.41) is 27.4. The number of likely N-dealkylation sites (tertiary alicyclic amines) is 1. The molecule has 1 atom stereocenters. The number of hydrogen-bond acceptors (Lipinski definition) is 6. The Kier molecular flexibility index (Phi) is 24.7. The summed E-state index contributed by atoms with van der Waals surface area (Å²) in [6.07, 6.45) is 23.8. The molecule has 9 nitrogen and oxygen atoms in total. The molecule has 0 aromatic heterocycles. The number of nitrogens with two attached hydrogens (primary N) is 1. The molecule has 0 saturated carbocycles. The van der Waals surface area contributed by atoms with Crippen molar-refractivity contribution in [2.75, 3.05) is 45.8 Å². The van der Waals surface area contributed by atoms with Crippen LogP contribution in [0.4, 0.5) is 0 Å². The molecule has 0 unspecified atom stereocenters. The third-order valence-corrected chi connectivity index (χ3v) is 9.96. The molecular weight excluding hydrogens is 655 g/mol. The van der Waals surface area contributed by atoms with E-state index in [1.165, 1.54) is 75.5 Å². The number of piperidine rings is 1. The summed E-state index contributed by atoms with van der Waals surface area (Å²) in [6, 6.07) is 11.1. The van der Waals surface area contributed by atoms with Crippen molar-refractivity contribution in [2.24, 2.45) is 16.6 Å². The van der Waals surface area contributed by atoms with Gasteiger partial charge in [-0.05, 0) is 82.6 Å². The number of allylic oxidation sites excluding steroid dienone is 3. The monoisotopic (exact) mass is 730 g/mol. The summed E-state index contributed by atoms with van der Waals surface area (Å²) in [7, 11) is 0. The van der Waals surface area contributed by atoms with Crippen LogP contribution in [0.5, 0.6) is 0 Å². The number of unbranched alkanes of at least 4 members (excludes halogenated alkanes) is 5. The highest BCUT2D eigenvalue weighted by molar-refractivity contribution is 6.04. The smallest absolute Gasteiger partial charge is 0.146 e. The number of hydrogen-bond donors (Lipinski definition) is 6. The van der Waals surface area contributed by atoms with Gasteiger partial charge in [0.25, 0.3) is 0 Å². The Labute approximate surface area is 323 Å². The first kappa shape index (κ1) is 45.5. The number of nitrogens with one attached hydrogen (secondary N) is 5. The SMILES string of the molecule is C=C(CCC(N)=NC(=N)/C=C\C(=N)N(CC)CCNCCCCCCCCNC(=C)[C@H]1C=CCCCC1)NC1CCN(Cc2ccccc2)CC1.CC. The van der Waals surface area contributed by atoms with Crippen molar-refractivity contribution in [1.82, 2.24) is 25.8 Å². The summed E-state index contributed by atoms with van der Waals surface area (Å²) in [5.41, 5.74) is 9.68. The zero-order valence-corrected chi connectivity index (χ0v) is 33.7. The van der Waals surface area contributed by atoms with Crippen LogP contribution in [-0.4, -0.2) is 79.2 Å². The molecule has 7 N–H and O–H groups in total. The van der Waals surface area contributed by atoms with Crippen LogP contribution >= 0.6 is 0 Å². The highest BCUT2D eigenvalue weighted by Crippen LogP contribution is 2.21. The standard InChI is InChI=1S/C42H69N9.C2H6/c1-4-51(33-30-46-28-16-9-5-6-10-17-29-47-36(3)38-20-14-7-8-15-21-38)42(45)25-24-41(44)49-40(43)23-22-35(2)48-39-26-31-50(32-27-39)34-37-18-12-11-13-19-37;1-2/h11-14,18-20,24-25,38-39,45-48H,2-10,15-17,21-23,26-34H2,1H3,(H3,43,44,49);1-2H3/b25-24-,45-42?;/t38-;/m0./s1. The van der Waals surface area contributed by atoms with Crippen LogP contribution in [0.2, 0.25) is 0 Å². The minimum Gasteiger partial charge on any atom is -0.388 e. The fourth-order valence-corrected chi connectivity index (χ4v) is 6.75. The number of aliphatic imine (C=N–C) groups is 1. The summed E-state index contributed by atoms with van der Waals surface area (Å²) in [6.45, 7) is 22.1. The van der Waals surface area contributed by atoms with Crippen molar-refractivity contribution in [3.8, 4) is 0 Å². The van der Waals surface area contributed by atoms with Gasteiger partial charge in [-0.25, -0.2) is 4.99 Å². The molecule has 296 valence electrons. The maximum Gasteiger partial charge on any atom is 0.146 e. The van der Waals surface area contributed by atoms with Crippen LogP contribution in [0, 0.1) is 16.7 Å². The summed E-state index contributed by atoms with van der Waals surface area (Å²) < 4.78 is 0. The van der Waals surface area contributed by atoms with Crippen molar-refractivity contribution in [3.63, 3.8) is 0 Å². The first-order chi connectivity index (χ1) is 25.8. The van der Waals surface area contributed by atoms with Gasteiger partial charge >= 0.3 is 0 Å². The Morgan fingerprint density at radius 1 is 0.925 bits per heavy atom. The Hall–Kier alpha value is -3.69. The molecule has 9 heteroatoms. The van der Waals surface area contributed by atoms with E-state index >= 15 is 0 Å². The van der Waals surface area contributed by atoms with Gasteiger partial charge in [-0.15, -0.1) is 0 Å². The van der Waals surface area contributed by atoms with Gasteiger partial charge in [0.15, 0.2) is 0 Å². The average Bonchev–Trinajstić information content (AvgIpc) is 3.47. The highest BCUT2D eigenvalue weighted by Gasteiger charge is 2.19. The zero-order chi connectivity index (χ0) is 38.5. The summed E-state index contributed by atoms with van der Waals surface area (Å²) in [5.74, 6) is 1.37. The zero-order valence-electron chi connectivity index (χ0n) is 33.7. The minimum atomic E-state index is 0.0600. The van der Waals surface area contributed by atoms with E-state index in [9.17, 15) is 0 Å². The highest BCUT2D eigenvalue weighted by atomic mass is 15.2. The summed E-state index contributed by atoms with van der Waals surface area (Å²) in [4.78, 5) is 8.75. The number of rotatable bonds is 24. The topological polar surface area (TPSA) is 129 Å². The fourth-order valence-electron chi connectivity index (χ4n) is 6.75. The molecule has 1 fully saturated rings. The normalized spacial score (nSPS) is 16.7. The minimum absolute atomic E-state index is 0.0600.